The quantitative estimate of drug-likeness (QED) is 0.552. The molecule has 4 aromatic rings. The van der Waals surface area contributed by atoms with Crippen molar-refractivity contribution in [3.05, 3.63) is 89.6 Å². The SMILES string of the molecule is O=C(Nc1ccc(F)c(Cl)c1)c1cn2cc(-c3ccccc3)ccc2n1. The van der Waals surface area contributed by atoms with E-state index in [0.717, 1.165) is 11.1 Å². The van der Waals surface area contributed by atoms with Gasteiger partial charge in [0.1, 0.15) is 17.2 Å². The predicted octanol–water partition coefficient (Wildman–Crippen LogP) is 5.05. The van der Waals surface area contributed by atoms with Crippen LogP contribution in [-0.2, 0) is 0 Å². The van der Waals surface area contributed by atoms with Crippen LogP contribution in [0.2, 0.25) is 5.02 Å². The Bertz CT molecular complexity index is 1110. The first-order chi connectivity index (χ1) is 12.6. The highest BCUT2D eigenvalue weighted by atomic mass is 35.5. The molecule has 0 unspecified atom stereocenters. The van der Waals surface area contributed by atoms with Gasteiger partial charge in [-0.1, -0.05) is 41.9 Å². The van der Waals surface area contributed by atoms with E-state index in [0.29, 0.717) is 11.3 Å². The first kappa shape index (κ1) is 16.3. The van der Waals surface area contributed by atoms with E-state index in [1.807, 2.05) is 48.7 Å². The number of carbonyl (C=O) groups excluding carboxylic acids is 1. The summed E-state index contributed by atoms with van der Waals surface area (Å²) in [5.74, 6) is -0.927. The molecule has 0 fully saturated rings. The highest BCUT2D eigenvalue weighted by Crippen LogP contribution is 2.21. The summed E-state index contributed by atoms with van der Waals surface area (Å²) in [4.78, 5) is 16.7. The summed E-state index contributed by atoms with van der Waals surface area (Å²) >= 11 is 5.74. The first-order valence-electron chi connectivity index (χ1n) is 7.91. The number of benzene rings is 2. The summed E-state index contributed by atoms with van der Waals surface area (Å²) in [6.45, 7) is 0. The number of nitrogens with zero attached hydrogens (tertiary/aromatic N) is 2. The number of rotatable bonds is 3. The zero-order chi connectivity index (χ0) is 18.1. The van der Waals surface area contributed by atoms with Gasteiger partial charge in [0.2, 0.25) is 0 Å². The van der Waals surface area contributed by atoms with Crippen LogP contribution in [0.1, 0.15) is 10.5 Å². The van der Waals surface area contributed by atoms with E-state index in [1.165, 1.54) is 18.2 Å². The number of hydrogen-bond acceptors (Lipinski definition) is 2. The molecule has 0 aliphatic heterocycles. The Morgan fingerprint density at radius 1 is 1.00 bits per heavy atom. The van der Waals surface area contributed by atoms with Gasteiger partial charge in [-0.15, -0.1) is 0 Å². The van der Waals surface area contributed by atoms with Gasteiger partial charge in [-0.05, 0) is 41.5 Å². The molecule has 0 saturated heterocycles. The minimum Gasteiger partial charge on any atom is -0.321 e. The van der Waals surface area contributed by atoms with Crippen molar-refractivity contribution in [3.8, 4) is 11.1 Å². The second kappa shape index (κ2) is 6.61. The molecule has 1 N–H and O–H groups in total. The molecule has 26 heavy (non-hydrogen) atoms. The van der Waals surface area contributed by atoms with Crippen LogP contribution in [0.25, 0.3) is 16.8 Å². The average Bonchev–Trinajstić information content (AvgIpc) is 3.09. The summed E-state index contributed by atoms with van der Waals surface area (Å²) in [7, 11) is 0. The largest absolute Gasteiger partial charge is 0.321 e. The molecule has 0 bridgehead atoms. The monoisotopic (exact) mass is 365 g/mol. The third-order valence-electron chi connectivity index (χ3n) is 3.97. The van der Waals surface area contributed by atoms with Crippen molar-refractivity contribution in [2.45, 2.75) is 0 Å². The molecule has 2 aromatic carbocycles. The van der Waals surface area contributed by atoms with Crippen LogP contribution in [0.5, 0.6) is 0 Å². The van der Waals surface area contributed by atoms with E-state index in [-0.39, 0.29) is 10.7 Å². The Kier molecular flexibility index (Phi) is 4.14. The zero-order valence-electron chi connectivity index (χ0n) is 13.5. The van der Waals surface area contributed by atoms with E-state index in [9.17, 15) is 9.18 Å². The molecular weight excluding hydrogens is 353 g/mol. The highest BCUT2D eigenvalue weighted by Gasteiger charge is 2.12. The lowest BCUT2D eigenvalue weighted by molar-refractivity contribution is 0.102. The fourth-order valence-corrected chi connectivity index (χ4v) is 2.85. The van der Waals surface area contributed by atoms with Crippen LogP contribution < -0.4 is 5.32 Å². The molecule has 0 aliphatic carbocycles. The van der Waals surface area contributed by atoms with Gasteiger partial charge in [-0.25, -0.2) is 9.37 Å². The maximum Gasteiger partial charge on any atom is 0.275 e. The summed E-state index contributed by atoms with van der Waals surface area (Å²) in [5.41, 5.74) is 3.42. The van der Waals surface area contributed by atoms with Crippen LogP contribution >= 0.6 is 11.6 Å². The summed E-state index contributed by atoms with van der Waals surface area (Å²) in [6, 6.07) is 17.8. The number of amides is 1. The van der Waals surface area contributed by atoms with Gasteiger partial charge in [0, 0.05) is 18.1 Å². The highest BCUT2D eigenvalue weighted by molar-refractivity contribution is 6.31. The van der Waals surface area contributed by atoms with E-state index < -0.39 is 11.7 Å². The molecule has 0 radical (unpaired) electrons. The van der Waals surface area contributed by atoms with Crippen molar-refractivity contribution >= 4 is 28.8 Å². The number of nitrogens with one attached hydrogen (secondary N) is 1. The number of fused-ring (bicyclic) bond motifs is 1. The topological polar surface area (TPSA) is 46.4 Å². The Morgan fingerprint density at radius 2 is 1.81 bits per heavy atom. The lowest BCUT2D eigenvalue weighted by Gasteiger charge is -2.03. The Balaban J connectivity index is 1.62. The average molecular weight is 366 g/mol. The van der Waals surface area contributed by atoms with Gasteiger partial charge in [-0.2, -0.15) is 0 Å². The fraction of sp³-hybridized carbons (Fsp3) is 0. The molecule has 6 heteroatoms. The third-order valence-corrected chi connectivity index (χ3v) is 4.26. The number of aromatic nitrogens is 2. The van der Waals surface area contributed by atoms with Gasteiger partial charge in [0.25, 0.3) is 5.91 Å². The molecule has 0 spiro atoms. The van der Waals surface area contributed by atoms with Crippen molar-refractivity contribution < 1.29 is 9.18 Å². The maximum absolute atomic E-state index is 13.2. The minimum atomic E-state index is -0.536. The van der Waals surface area contributed by atoms with Gasteiger partial charge in [0.05, 0.1) is 5.02 Å². The van der Waals surface area contributed by atoms with Crippen molar-refractivity contribution in [1.82, 2.24) is 9.38 Å². The molecule has 4 rings (SSSR count). The number of pyridine rings is 1. The number of carbonyl (C=O) groups is 1. The van der Waals surface area contributed by atoms with Gasteiger partial charge >= 0.3 is 0 Å². The van der Waals surface area contributed by atoms with Crippen LogP contribution in [0.3, 0.4) is 0 Å². The van der Waals surface area contributed by atoms with Crippen LogP contribution in [0.15, 0.2) is 73.1 Å². The molecule has 0 atom stereocenters. The Hall–Kier alpha value is -3.18. The molecule has 0 aliphatic rings. The maximum atomic E-state index is 13.2. The summed E-state index contributed by atoms with van der Waals surface area (Å²) in [5, 5.41) is 2.62. The van der Waals surface area contributed by atoms with Crippen LogP contribution in [-0.4, -0.2) is 15.3 Å². The van der Waals surface area contributed by atoms with Gasteiger partial charge in [0.15, 0.2) is 0 Å². The van der Waals surface area contributed by atoms with Crippen molar-refractivity contribution in [2.24, 2.45) is 0 Å². The Morgan fingerprint density at radius 3 is 2.58 bits per heavy atom. The van der Waals surface area contributed by atoms with E-state index >= 15 is 0 Å². The molecular formula is C20H13ClFN3O. The van der Waals surface area contributed by atoms with E-state index in [4.69, 9.17) is 11.6 Å². The van der Waals surface area contributed by atoms with Crippen molar-refractivity contribution in [2.75, 3.05) is 5.32 Å². The molecule has 2 heterocycles. The molecule has 4 nitrogen and oxygen atoms in total. The smallest absolute Gasteiger partial charge is 0.275 e. The van der Waals surface area contributed by atoms with E-state index in [1.54, 1.807) is 10.6 Å². The minimum absolute atomic E-state index is 0.0506. The molecule has 128 valence electrons. The first-order valence-corrected chi connectivity index (χ1v) is 8.28. The molecule has 2 aromatic heterocycles. The van der Waals surface area contributed by atoms with E-state index in [2.05, 4.69) is 10.3 Å². The number of halogens is 2. The third kappa shape index (κ3) is 3.17. The molecule has 0 saturated carbocycles. The Labute approximate surface area is 153 Å². The van der Waals surface area contributed by atoms with Crippen molar-refractivity contribution in [1.29, 1.82) is 0 Å². The second-order valence-corrected chi connectivity index (χ2v) is 6.17. The summed E-state index contributed by atoms with van der Waals surface area (Å²) < 4.78 is 15.0. The standard InChI is InChI=1S/C20H13ClFN3O/c21-16-10-15(7-8-17(16)22)23-20(26)18-12-25-11-14(6-9-19(25)24-18)13-4-2-1-3-5-13/h1-12H,(H,23,26). The lowest BCUT2D eigenvalue weighted by atomic mass is 10.1. The van der Waals surface area contributed by atoms with Gasteiger partial charge < -0.3 is 9.72 Å². The van der Waals surface area contributed by atoms with Crippen LogP contribution in [0.4, 0.5) is 10.1 Å². The van der Waals surface area contributed by atoms with Crippen molar-refractivity contribution in [3.63, 3.8) is 0 Å². The number of hydrogen-bond donors (Lipinski definition) is 1. The van der Waals surface area contributed by atoms with Gasteiger partial charge in [-0.3, -0.25) is 4.79 Å². The second-order valence-electron chi connectivity index (χ2n) is 5.76. The number of imidazole rings is 1. The summed E-state index contributed by atoms with van der Waals surface area (Å²) in [6.07, 6.45) is 3.57. The lowest BCUT2D eigenvalue weighted by Crippen LogP contribution is -2.12. The normalized spacial score (nSPS) is 10.8. The predicted molar refractivity (Wildman–Crippen MR) is 100.0 cm³/mol. The molecule has 1 amide bonds. The van der Waals surface area contributed by atoms with Crippen LogP contribution in [0, 0.1) is 5.82 Å². The number of anilines is 1. The fourth-order valence-electron chi connectivity index (χ4n) is 2.67. The zero-order valence-corrected chi connectivity index (χ0v) is 14.2.